The lowest BCUT2D eigenvalue weighted by Crippen LogP contribution is -2.41. The van der Waals surface area contributed by atoms with Gasteiger partial charge in [0.15, 0.2) is 0 Å². The topological polar surface area (TPSA) is 57.7 Å². The van der Waals surface area contributed by atoms with E-state index in [2.05, 4.69) is 39.8 Å². The zero-order valence-corrected chi connectivity index (χ0v) is 16.6. The van der Waals surface area contributed by atoms with Gasteiger partial charge in [-0.15, -0.1) is 0 Å². The zero-order valence-electron chi connectivity index (χ0n) is 16.6. The van der Waals surface area contributed by atoms with Crippen molar-refractivity contribution in [3.05, 3.63) is 24.0 Å². The summed E-state index contributed by atoms with van der Waals surface area (Å²) < 4.78 is 17.0. The van der Waals surface area contributed by atoms with Crippen molar-refractivity contribution >= 4 is 18.6 Å². The van der Waals surface area contributed by atoms with Crippen LogP contribution in [-0.4, -0.2) is 36.4 Å². The second-order valence-electron chi connectivity index (χ2n) is 8.60. The van der Waals surface area contributed by atoms with E-state index >= 15 is 0 Å². The van der Waals surface area contributed by atoms with Gasteiger partial charge in [-0.05, 0) is 65.4 Å². The highest BCUT2D eigenvalue weighted by Gasteiger charge is 2.51. The quantitative estimate of drug-likeness (QED) is 0.610. The normalized spacial score (nSPS) is 27.3. The first kappa shape index (κ1) is 19.4. The van der Waals surface area contributed by atoms with Gasteiger partial charge in [0, 0.05) is 29.7 Å². The lowest BCUT2D eigenvalue weighted by molar-refractivity contribution is -0.142. The van der Waals surface area contributed by atoms with Crippen molar-refractivity contribution in [2.45, 2.75) is 76.9 Å². The van der Waals surface area contributed by atoms with E-state index in [-0.39, 0.29) is 24.3 Å². The van der Waals surface area contributed by atoms with Gasteiger partial charge in [-0.1, -0.05) is 6.07 Å². The second-order valence-corrected chi connectivity index (χ2v) is 8.60. The SMILES string of the molecule is COC(=O)CC1CCC(c2ccc(B3OC(C)(C)C(C)(C)O3)cn2)CC1. The molecule has 1 aliphatic carbocycles. The number of methoxy groups -OCH3 is 1. The molecule has 0 amide bonds. The van der Waals surface area contributed by atoms with E-state index < -0.39 is 0 Å². The number of nitrogens with zero attached hydrogens (tertiary/aromatic N) is 1. The zero-order chi connectivity index (χ0) is 18.9. The number of hydrogen-bond donors (Lipinski definition) is 0. The maximum absolute atomic E-state index is 11.4. The fourth-order valence-electron chi connectivity index (χ4n) is 3.76. The van der Waals surface area contributed by atoms with Crippen molar-refractivity contribution in [2.75, 3.05) is 7.11 Å². The molecule has 1 aliphatic heterocycles. The Labute approximate surface area is 157 Å². The first-order valence-electron chi connectivity index (χ1n) is 9.60. The largest absolute Gasteiger partial charge is 0.496 e. The molecule has 0 aromatic carbocycles. The summed E-state index contributed by atoms with van der Waals surface area (Å²) in [5.74, 6) is 0.817. The smallest absolute Gasteiger partial charge is 0.469 e. The third-order valence-corrected chi connectivity index (χ3v) is 6.28. The highest BCUT2D eigenvalue weighted by atomic mass is 16.7. The van der Waals surface area contributed by atoms with E-state index in [0.717, 1.165) is 36.8 Å². The van der Waals surface area contributed by atoms with Crippen molar-refractivity contribution in [2.24, 2.45) is 5.92 Å². The van der Waals surface area contributed by atoms with Crippen molar-refractivity contribution in [3.8, 4) is 0 Å². The minimum atomic E-state index is -0.364. The molecular formula is C20H30BNO4. The summed E-state index contributed by atoms with van der Waals surface area (Å²) in [7, 11) is 1.09. The number of esters is 1. The summed E-state index contributed by atoms with van der Waals surface area (Å²) >= 11 is 0. The van der Waals surface area contributed by atoms with Gasteiger partial charge in [0.05, 0.1) is 18.3 Å². The van der Waals surface area contributed by atoms with Crippen LogP contribution in [0.15, 0.2) is 18.3 Å². The van der Waals surface area contributed by atoms with E-state index in [1.807, 2.05) is 6.20 Å². The minimum absolute atomic E-state index is 0.0988. The lowest BCUT2D eigenvalue weighted by atomic mass is 9.77. The molecule has 2 heterocycles. The van der Waals surface area contributed by atoms with Crippen molar-refractivity contribution in [1.29, 1.82) is 0 Å². The van der Waals surface area contributed by atoms with Crippen LogP contribution in [0.25, 0.3) is 0 Å². The van der Waals surface area contributed by atoms with Gasteiger partial charge in [-0.25, -0.2) is 0 Å². The third kappa shape index (κ3) is 3.96. The maximum atomic E-state index is 11.4. The van der Waals surface area contributed by atoms with Crippen molar-refractivity contribution in [1.82, 2.24) is 4.98 Å². The monoisotopic (exact) mass is 359 g/mol. The minimum Gasteiger partial charge on any atom is -0.469 e. The van der Waals surface area contributed by atoms with Crippen LogP contribution in [0.5, 0.6) is 0 Å². The van der Waals surface area contributed by atoms with E-state index in [4.69, 9.17) is 19.0 Å². The molecule has 142 valence electrons. The number of aromatic nitrogens is 1. The average molecular weight is 359 g/mol. The fourth-order valence-corrected chi connectivity index (χ4v) is 3.76. The van der Waals surface area contributed by atoms with Crippen LogP contribution in [0.1, 0.15) is 71.4 Å². The van der Waals surface area contributed by atoms with Crippen LogP contribution in [-0.2, 0) is 18.8 Å². The molecule has 0 unspecified atom stereocenters. The molecule has 26 heavy (non-hydrogen) atoms. The Morgan fingerprint density at radius 1 is 1.15 bits per heavy atom. The molecule has 2 fully saturated rings. The number of carbonyl (C=O) groups is 1. The van der Waals surface area contributed by atoms with Crippen LogP contribution >= 0.6 is 0 Å². The molecule has 1 aromatic heterocycles. The van der Waals surface area contributed by atoms with Crippen LogP contribution in [0.4, 0.5) is 0 Å². The molecule has 6 heteroatoms. The molecule has 0 atom stereocenters. The average Bonchev–Trinajstić information content (AvgIpc) is 2.83. The van der Waals surface area contributed by atoms with Gasteiger partial charge in [0.25, 0.3) is 0 Å². The Hall–Kier alpha value is -1.40. The van der Waals surface area contributed by atoms with Crippen molar-refractivity contribution < 1.29 is 18.8 Å². The molecule has 5 nitrogen and oxygen atoms in total. The highest BCUT2D eigenvalue weighted by molar-refractivity contribution is 6.62. The van der Waals surface area contributed by atoms with Crippen LogP contribution in [0, 0.1) is 5.92 Å². The highest BCUT2D eigenvalue weighted by Crippen LogP contribution is 2.38. The van der Waals surface area contributed by atoms with Crippen LogP contribution in [0.2, 0.25) is 0 Å². The summed E-state index contributed by atoms with van der Waals surface area (Å²) in [6, 6.07) is 4.18. The fraction of sp³-hybridized carbons (Fsp3) is 0.700. The van der Waals surface area contributed by atoms with Crippen LogP contribution in [0.3, 0.4) is 0 Å². The van der Waals surface area contributed by atoms with Gasteiger partial charge in [-0.3, -0.25) is 9.78 Å². The number of pyridine rings is 1. The number of ether oxygens (including phenoxy) is 1. The van der Waals surface area contributed by atoms with Crippen molar-refractivity contribution in [3.63, 3.8) is 0 Å². The Kier molecular flexibility index (Phi) is 5.45. The summed E-state index contributed by atoms with van der Waals surface area (Å²) in [4.78, 5) is 16.1. The Bertz CT molecular complexity index is 620. The Morgan fingerprint density at radius 2 is 1.77 bits per heavy atom. The molecule has 0 spiro atoms. The first-order valence-corrected chi connectivity index (χ1v) is 9.60. The molecule has 3 rings (SSSR count). The molecule has 0 bridgehead atoms. The Balaban J connectivity index is 1.58. The molecule has 1 saturated heterocycles. The first-order chi connectivity index (χ1) is 12.2. The van der Waals surface area contributed by atoms with Gasteiger partial charge in [-0.2, -0.15) is 0 Å². The predicted molar refractivity (Wildman–Crippen MR) is 101 cm³/mol. The summed E-state index contributed by atoms with van der Waals surface area (Å²) in [6.07, 6.45) is 6.69. The van der Waals surface area contributed by atoms with E-state index in [9.17, 15) is 4.79 Å². The molecular weight excluding hydrogens is 329 g/mol. The summed E-state index contributed by atoms with van der Waals surface area (Å²) in [6.45, 7) is 8.23. The summed E-state index contributed by atoms with van der Waals surface area (Å²) in [5.41, 5.74) is 1.41. The predicted octanol–water partition coefficient (Wildman–Crippen LogP) is 3.22. The molecule has 1 saturated carbocycles. The molecule has 1 aromatic rings. The van der Waals surface area contributed by atoms with Crippen LogP contribution < -0.4 is 5.46 Å². The number of hydrogen-bond acceptors (Lipinski definition) is 5. The van der Waals surface area contributed by atoms with E-state index in [1.165, 1.54) is 7.11 Å². The maximum Gasteiger partial charge on any atom is 0.496 e. The van der Waals surface area contributed by atoms with E-state index in [1.54, 1.807) is 0 Å². The molecule has 0 radical (unpaired) electrons. The second kappa shape index (κ2) is 7.32. The molecule has 2 aliphatic rings. The van der Waals surface area contributed by atoms with E-state index in [0.29, 0.717) is 18.3 Å². The van der Waals surface area contributed by atoms with Gasteiger partial charge >= 0.3 is 13.1 Å². The van der Waals surface area contributed by atoms with Gasteiger partial charge < -0.3 is 14.0 Å². The third-order valence-electron chi connectivity index (χ3n) is 6.28. The standard InChI is InChI=1S/C20H30BNO4/c1-19(2)20(3,4)26-21(25-19)16-10-11-17(22-13-16)15-8-6-14(7-9-15)12-18(23)24-5/h10-11,13-15H,6-9,12H2,1-5H3. The van der Waals surface area contributed by atoms with Gasteiger partial charge in [0.1, 0.15) is 0 Å². The molecule has 0 N–H and O–H groups in total. The number of carbonyl (C=O) groups excluding carboxylic acids is 1. The lowest BCUT2D eigenvalue weighted by Gasteiger charge is -2.32. The Morgan fingerprint density at radius 3 is 2.27 bits per heavy atom. The summed E-state index contributed by atoms with van der Waals surface area (Å²) in [5, 5.41) is 0. The number of rotatable bonds is 4. The van der Waals surface area contributed by atoms with Gasteiger partial charge in [0.2, 0.25) is 0 Å².